The first-order valence-corrected chi connectivity index (χ1v) is 53.1. The summed E-state index contributed by atoms with van der Waals surface area (Å²) in [6.07, 6.45) is 0. The minimum absolute atomic E-state index is 0.00573. The Morgan fingerprint density at radius 1 is 0.322 bits per heavy atom. The maximum Gasteiger partial charge on any atom is 0.340 e. The van der Waals surface area contributed by atoms with Crippen molar-refractivity contribution in [1.82, 2.24) is 4.65 Å². The zero-order chi connectivity index (χ0) is 103. The van der Waals surface area contributed by atoms with Crippen LogP contribution >= 0.6 is 11.8 Å². The number of aromatic hydroxyl groups is 2. The second-order valence-corrected chi connectivity index (χ2v) is 46.0. The van der Waals surface area contributed by atoms with Gasteiger partial charge in [-0.2, -0.15) is 11.8 Å². The molecule has 12 aromatic rings. The number of esters is 3. The van der Waals surface area contributed by atoms with Gasteiger partial charge in [-0.1, -0.05) is 158 Å². The third kappa shape index (κ3) is 28.7. The number of carbonyl (C=O) groups is 8. The van der Waals surface area contributed by atoms with Crippen molar-refractivity contribution in [2.45, 2.75) is 93.0 Å². The van der Waals surface area contributed by atoms with Gasteiger partial charge in [-0.05, 0) is 235 Å². The summed E-state index contributed by atoms with van der Waals surface area (Å²) in [7, 11) is -9.36. The van der Waals surface area contributed by atoms with Gasteiger partial charge in [-0.3, -0.25) is 19.2 Å². The van der Waals surface area contributed by atoms with Crippen LogP contribution in [0, 0.1) is 19.1 Å². The molecule has 0 radical (unpaired) electrons. The SMILES string of the molecule is CC(C)(C)OC(=O)c1ccc(-c2ccccc2)cc1NC(=O)c1cc(N2CCS(=O)(=O)CC2)ccc1O.Cc1ccc(N2CCSCC2)cc1C(=O)Nc1cc(-c2ccccc2)ccc1C(=O)OC(C)(C)C.Cc1ccc([N+]2([O-])CCS(=O)(=O)CC2)cc1C(=O)Nc1cc(-c2ccccc2)ccc1C(=O)OC(C)(C)C.O=C(Nc1cc(-c2ccccc2)ccc1C(=O)O)c1cc(N2CCS(=O)(=O)CC2)ccc1O. The van der Waals surface area contributed by atoms with Crippen LogP contribution < -0.4 is 40.6 Å². The molecule has 0 spiro atoms. The molecule has 0 saturated carbocycles. The number of phenolic OH excluding ortho intramolecular Hbond substituents is 2. The van der Waals surface area contributed by atoms with Crippen LogP contribution in [0.2, 0.25) is 0 Å². The third-order valence-electron chi connectivity index (χ3n) is 23.8. The summed E-state index contributed by atoms with van der Waals surface area (Å²) in [6.45, 7) is 22.7. The number of aromatic carboxylic acids is 1. The fourth-order valence-corrected chi connectivity index (χ4v) is 20.7. The number of hydrogen-bond acceptors (Lipinski definition) is 24. The van der Waals surface area contributed by atoms with E-state index in [1.54, 1.807) is 127 Å². The Hall–Kier alpha value is -14.5. The highest BCUT2D eigenvalue weighted by atomic mass is 32.2. The number of hydroxylamine groups is 2. The van der Waals surface area contributed by atoms with E-state index >= 15 is 0 Å². The predicted molar refractivity (Wildman–Crippen MR) is 565 cm³/mol. The first-order valence-electron chi connectivity index (χ1n) is 46.5. The molecule has 16 rings (SSSR count). The van der Waals surface area contributed by atoms with Crippen LogP contribution in [0.25, 0.3) is 44.5 Å². The number of anilines is 7. The number of carboxylic acid groups (broad SMARTS) is 1. The van der Waals surface area contributed by atoms with E-state index in [1.807, 2.05) is 195 Å². The standard InChI is InChI=1S/C29H32N2O6S.C29H32N2O3S.C28H30N2O6S.C24H22N2O6S/c1-20-10-12-23(31(34)14-16-38(35,36)17-15-31)19-25(20)27(32)30-26-18-22(21-8-6-5-7-9-21)11-13-24(26)28(33)37-29(2,3)4;1-20-10-12-23(31-14-16-35-17-15-31)19-25(20)27(32)30-26-18-22(21-8-6-5-7-9-21)11-13-24(26)28(33)34-29(2,3)4;1-28(2,3)36-27(33)22-11-9-20(19-7-5-4-6-8-19)17-24(22)29-26(32)23-18-21(10-12-25(23)31)30-13-15-37(34,35)16-14-30;27-22-9-7-18(26-10-12-33(31,32)13-11-26)15-20(22)23(28)25-21-14-17(6-8-19(21)24(29)30)16-4-2-1-3-5-16/h5-13,18-19H,14-17H2,1-4H3,(H,30,32);5-13,18-19H,14-17H2,1-4H3,(H,30,32);4-12,17-18,31H,13-16H2,1-3H3,(H,29,32);1-9,14-15,27H,10-13H2,(H,25,28)(H,29,30). The molecule has 746 valence electrons. The number of aryl methyl sites for hydroxylation is 2. The molecular formula is C110H116N8O21S4. The normalized spacial score (nSPS) is 15.2. The number of nitrogens with zero attached hydrogens (tertiary/aromatic N) is 4. The van der Waals surface area contributed by atoms with Crippen molar-refractivity contribution in [3.05, 3.63) is 328 Å². The van der Waals surface area contributed by atoms with E-state index in [9.17, 15) is 84.1 Å². The van der Waals surface area contributed by atoms with E-state index in [0.29, 0.717) is 52.5 Å². The van der Waals surface area contributed by atoms with Crippen LogP contribution in [0.5, 0.6) is 11.5 Å². The fraction of sp³-hybridized carbons (Fsp3) is 0.273. The molecule has 0 unspecified atom stereocenters. The van der Waals surface area contributed by atoms with E-state index in [-0.39, 0.29) is 129 Å². The molecule has 4 fully saturated rings. The van der Waals surface area contributed by atoms with Gasteiger partial charge >= 0.3 is 23.9 Å². The number of phenols is 2. The summed E-state index contributed by atoms with van der Waals surface area (Å²) < 4.78 is 86.6. The molecule has 4 aliphatic heterocycles. The van der Waals surface area contributed by atoms with Crippen LogP contribution in [0.1, 0.15) is 156 Å². The first-order chi connectivity index (χ1) is 67.6. The molecule has 0 atom stereocenters. The summed E-state index contributed by atoms with van der Waals surface area (Å²) in [4.78, 5) is 110. The second-order valence-electron chi connectivity index (χ2n) is 37.9. The molecule has 4 heterocycles. The van der Waals surface area contributed by atoms with Crippen molar-refractivity contribution in [3.8, 4) is 56.0 Å². The van der Waals surface area contributed by atoms with Gasteiger partial charge < -0.3 is 75.4 Å². The van der Waals surface area contributed by atoms with Gasteiger partial charge in [0.15, 0.2) is 29.5 Å². The number of thioether (sulfide) groups is 1. The monoisotopic (exact) mass is 2010 g/mol. The topological polar surface area (TPSA) is 408 Å². The highest BCUT2D eigenvalue weighted by molar-refractivity contribution is 7.99. The Bertz CT molecular complexity index is 7090. The zero-order valence-corrected chi connectivity index (χ0v) is 84.6. The average molecular weight is 2010 g/mol. The molecule has 0 aromatic heterocycles. The van der Waals surface area contributed by atoms with Gasteiger partial charge in [0.05, 0.1) is 92.2 Å². The highest BCUT2D eigenvalue weighted by Gasteiger charge is 2.35. The maximum atomic E-state index is 13.5. The van der Waals surface area contributed by atoms with Gasteiger partial charge in [0, 0.05) is 85.0 Å². The van der Waals surface area contributed by atoms with E-state index in [4.69, 9.17) is 14.2 Å². The molecular weight excluding hydrogens is 1900 g/mol. The van der Waals surface area contributed by atoms with E-state index < -0.39 is 92.6 Å². The van der Waals surface area contributed by atoms with E-state index in [0.717, 1.165) is 80.4 Å². The van der Waals surface area contributed by atoms with Gasteiger partial charge in [-0.25, -0.2) is 44.4 Å². The summed E-state index contributed by atoms with van der Waals surface area (Å²) in [5.41, 5.74) is 11.4. The minimum atomic E-state index is -3.23. The van der Waals surface area contributed by atoms with Gasteiger partial charge in [0.25, 0.3) is 23.6 Å². The van der Waals surface area contributed by atoms with Crippen molar-refractivity contribution in [1.29, 1.82) is 0 Å². The maximum absolute atomic E-state index is 13.5. The Kier molecular flexibility index (Phi) is 33.5. The molecule has 0 aliphatic carbocycles. The van der Waals surface area contributed by atoms with Crippen LogP contribution in [0.15, 0.2) is 267 Å². The molecule has 33 heteroatoms. The number of nitrogens with one attached hydrogen (secondary N) is 4. The number of hydrogen-bond donors (Lipinski definition) is 7. The van der Waals surface area contributed by atoms with Gasteiger partial charge in [0.1, 0.15) is 45.5 Å². The number of carbonyl (C=O) groups excluding carboxylic acids is 7. The molecule has 0 bridgehead atoms. The number of amides is 4. The Morgan fingerprint density at radius 2 is 0.594 bits per heavy atom. The molecule has 4 saturated heterocycles. The molecule has 143 heavy (non-hydrogen) atoms. The van der Waals surface area contributed by atoms with Crippen molar-refractivity contribution < 1.29 is 93.1 Å². The number of rotatable bonds is 20. The molecule has 4 amide bonds. The van der Waals surface area contributed by atoms with Crippen LogP contribution in [-0.4, -0.2) is 203 Å². The number of sulfone groups is 3. The van der Waals surface area contributed by atoms with Crippen molar-refractivity contribution in [3.63, 3.8) is 0 Å². The Morgan fingerprint density at radius 3 is 0.916 bits per heavy atom. The first kappa shape index (κ1) is 106. The summed E-state index contributed by atoms with van der Waals surface area (Å²) in [6, 6.07) is 78.5. The van der Waals surface area contributed by atoms with Crippen molar-refractivity contribution >= 4 is 134 Å². The van der Waals surface area contributed by atoms with Gasteiger partial charge in [0.2, 0.25) is 0 Å². The molecule has 7 N–H and O–H groups in total. The smallest absolute Gasteiger partial charge is 0.340 e. The highest BCUT2D eigenvalue weighted by Crippen LogP contribution is 2.38. The molecule has 29 nitrogen and oxygen atoms in total. The Balaban J connectivity index is 0.000000160. The molecule has 4 aliphatic rings. The van der Waals surface area contributed by atoms with Crippen LogP contribution in [0.3, 0.4) is 0 Å². The second kappa shape index (κ2) is 45.2. The third-order valence-corrected chi connectivity index (χ3v) is 29.5. The largest absolute Gasteiger partial charge is 0.627 e. The Labute approximate surface area is 837 Å². The van der Waals surface area contributed by atoms with E-state index in [2.05, 4.69) is 32.2 Å². The number of quaternary nitrogens is 1. The summed E-state index contributed by atoms with van der Waals surface area (Å²) in [5.74, 6) is -3.48. The summed E-state index contributed by atoms with van der Waals surface area (Å²) in [5, 5.41) is 55.0. The number of ether oxygens (including phenoxy) is 3. The van der Waals surface area contributed by atoms with Crippen molar-refractivity contribution in [2.24, 2.45) is 0 Å². The lowest BCUT2D eigenvalue weighted by molar-refractivity contribution is 0.00580. The average Bonchev–Trinajstić information content (AvgIpc) is 0.762. The lowest BCUT2D eigenvalue weighted by atomic mass is 10.0. The summed E-state index contributed by atoms with van der Waals surface area (Å²) >= 11 is 1.95. The van der Waals surface area contributed by atoms with Crippen LogP contribution in [-0.2, 0) is 43.7 Å². The van der Waals surface area contributed by atoms with Crippen molar-refractivity contribution in [2.75, 3.05) is 134 Å². The fourth-order valence-electron chi connectivity index (χ4n) is 16.1. The van der Waals surface area contributed by atoms with E-state index in [1.165, 1.54) is 36.4 Å². The predicted octanol–water partition coefficient (Wildman–Crippen LogP) is 19.3. The quantitative estimate of drug-likeness (QED) is 0.0161. The van der Waals surface area contributed by atoms with Crippen LogP contribution in [0.4, 0.5) is 45.5 Å². The lowest BCUT2D eigenvalue weighted by Crippen LogP contribution is -2.53. The number of carboxylic acids is 1. The lowest BCUT2D eigenvalue weighted by Gasteiger charge is -2.44. The van der Waals surface area contributed by atoms with Gasteiger partial charge in [-0.15, -0.1) is 0 Å². The number of benzene rings is 12. The minimum Gasteiger partial charge on any atom is -0.627 e. The zero-order valence-electron chi connectivity index (χ0n) is 81.3. The molecule has 12 aromatic carbocycles.